The second-order valence-electron chi connectivity index (χ2n) is 3.76. The van der Waals surface area contributed by atoms with Crippen molar-refractivity contribution in [2.45, 2.75) is 12.8 Å². The van der Waals surface area contributed by atoms with Crippen molar-refractivity contribution in [1.29, 1.82) is 0 Å². The molecule has 6 nitrogen and oxygen atoms in total. The smallest absolute Gasteiger partial charge is 0.434 e. The molecule has 18 heavy (non-hydrogen) atoms. The predicted octanol–water partition coefficient (Wildman–Crippen LogP) is 0.586. The molecule has 0 radical (unpaired) electrons. The standard InChI is InChI=1S/C12H11N5O/c13-11(18)10-12(17-14)16-9(15-10)7-6-8-4-2-1-3-5-8/h1-5H,6-7H2,(H2,13,18). The molecule has 0 aromatic heterocycles. The van der Waals surface area contributed by atoms with E-state index < -0.39 is 5.91 Å². The Morgan fingerprint density at radius 1 is 1.22 bits per heavy atom. The number of aliphatic imine (C=N–C) groups is 2. The molecule has 0 unspecified atom stereocenters. The molecule has 1 aliphatic rings. The second-order valence-corrected chi connectivity index (χ2v) is 3.76. The van der Waals surface area contributed by atoms with E-state index in [4.69, 9.17) is 11.3 Å². The molecule has 0 spiro atoms. The van der Waals surface area contributed by atoms with Crippen LogP contribution in [-0.4, -0.2) is 28.1 Å². The maximum absolute atomic E-state index is 11.0. The number of amidine groups is 2. The zero-order valence-electron chi connectivity index (χ0n) is 9.58. The van der Waals surface area contributed by atoms with Crippen molar-refractivity contribution in [2.24, 2.45) is 15.7 Å². The predicted molar refractivity (Wildman–Crippen MR) is 67.5 cm³/mol. The van der Waals surface area contributed by atoms with Gasteiger partial charge in [0.1, 0.15) is 0 Å². The summed E-state index contributed by atoms with van der Waals surface area (Å²) in [6, 6.07) is 9.83. The molecule has 1 aromatic carbocycles. The van der Waals surface area contributed by atoms with Crippen LogP contribution in [0.1, 0.15) is 12.0 Å². The molecule has 1 amide bonds. The number of aryl methyl sites for hydroxylation is 1. The number of nitrogens with zero attached hydrogens (tertiary/aromatic N) is 4. The van der Waals surface area contributed by atoms with Crippen LogP contribution in [-0.2, 0) is 11.2 Å². The molecular weight excluding hydrogens is 230 g/mol. The molecular formula is C12H11N5O. The fourth-order valence-electron chi connectivity index (χ4n) is 1.63. The summed E-state index contributed by atoms with van der Waals surface area (Å²) in [5.74, 6) is -0.424. The number of benzene rings is 1. The molecule has 6 heteroatoms. The summed E-state index contributed by atoms with van der Waals surface area (Å²) in [5.41, 5.74) is 14.8. The first kappa shape index (κ1) is 11.9. The van der Waals surface area contributed by atoms with Crippen LogP contribution in [0.3, 0.4) is 0 Å². The van der Waals surface area contributed by atoms with Crippen LogP contribution in [0.4, 0.5) is 0 Å². The van der Waals surface area contributed by atoms with Crippen LogP contribution in [0, 0.1) is 0 Å². The minimum atomic E-state index is -0.749. The van der Waals surface area contributed by atoms with Crippen LogP contribution in [0.15, 0.2) is 40.3 Å². The van der Waals surface area contributed by atoms with E-state index in [-0.39, 0.29) is 11.5 Å². The first-order valence-electron chi connectivity index (χ1n) is 5.43. The highest BCUT2D eigenvalue weighted by molar-refractivity contribution is 6.68. The molecule has 0 saturated carbocycles. The summed E-state index contributed by atoms with van der Waals surface area (Å²) in [4.78, 5) is 21.8. The number of amides is 1. The number of carbonyl (C=O) groups excluding carboxylic acids is 1. The topological polar surface area (TPSA) is 104 Å². The average Bonchev–Trinajstić information content (AvgIpc) is 2.81. The fourth-order valence-corrected chi connectivity index (χ4v) is 1.63. The van der Waals surface area contributed by atoms with Crippen LogP contribution in [0.5, 0.6) is 0 Å². The second kappa shape index (κ2) is 5.16. The average molecular weight is 241 g/mol. The third-order valence-corrected chi connectivity index (χ3v) is 2.50. The monoisotopic (exact) mass is 241 g/mol. The molecule has 0 fully saturated rings. The Labute approximate surface area is 103 Å². The van der Waals surface area contributed by atoms with Crippen molar-refractivity contribution in [3.05, 3.63) is 41.4 Å². The van der Waals surface area contributed by atoms with Gasteiger partial charge in [-0.15, -0.1) is 0 Å². The number of hydrogen-bond acceptors (Lipinski definition) is 2. The summed E-state index contributed by atoms with van der Waals surface area (Å²) in [6.07, 6.45) is 1.30. The van der Waals surface area contributed by atoms with Crippen molar-refractivity contribution in [2.75, 3.05) is 0 Å². The lowest BCUT2D eigenvalue weighted by Crippen LogP contribution is -2.28. The van der Waals surface area contributed by atoms with Crippen molar-refractivity contribution in [1.82, 2.24) is 0 Å². The van der Waals surface area contributed by atoms with Gasteiger partial charge in [-0.1, -0.05) is 30.3 Å². The number of nitrogens with two attached hydrogens (primary N) is 1. The van der Waals surface area contributed by atoms with E-state index in [1.807, 2.05) is 30.3 Å². The summed E-state index contributed by atoms with van der Waals surface area (Å²) in [5, 5.41) is 0. The maximum Gasteiger partial charge on any atom is 0.434 e. The summed E-state index contributed by atoms with van der Waals surface area (Å²) < 4.78 is 0. The maximum atomic E-state index is 11.0. The highest BCUT2D eigenvalue weighted by Gasteiger charge is 2.31. The molecule has 0 aliphatic carbocycles. The van der Waals surface area contributed by atoms with Crippen LogP contribution >= 0.6 is 0 Å². The Morgan fingerprint density at radius 2 is 1.94 bits per heavy atom. The van der Waals surface area contributed by atoms with Gasteiger partial charge in [-0.05, 0) is 17.0 Å². The molecule has 1 aliphatic heterocycles. The lowest BCUT2D eigenvalue weighted by molar-refractivity contribution is -0.111. The fraction of sp³-hybridized carbons (Fsp3) is 0.167. The third kappa shape index (κ3) is 2.56. The Kier molecular flexibility index (Phi) is 3.41. The molecule has 0 atom stereocenters. The molecule has 0 saturated heterocycles. The van der Waals surface area contributed by atoms with Gasteiger partial charge < -0.3 is 16.1 Å². The van der Waals surface area contributed by atoms with E-state index in [9.17, 15) is 4.79 Å². The third-order valence-electron chi connectivity index (χ3n) is 2.50. The van der Waals surface area contributed by atoms with Gasteiger partial charge >= 0.3 is 5.84 Å². The summed E-state index contributed by atoms with van der Waals surface area (Å²) in [7, 11) is 0. The van der Waals surface area contributed by atoms with Gasteiger partial charge in [0.25, 0.3) is 5.91 Å². The van der Waals surface area contributed by atoms with Gasteiger partial charge in [0, 0.05) is 6.42 Å². The van der Waals surface area contributed by atoms with Gasteiger partial charge in [-0.3, -0.25) is 4.79 Å². The molecule has 1 heterocycles. The number of hydrogen-bond donors (Lipinski definition) is 1. The highest BCUT2D eigenvalue weighted by atomic mass is 16.1. The van der Waals surface area contributed by atoms with E-state index in [1.54, 1.807) is 0 Å². The normalized spacial score (nSPS) is 13.9. The summed E-state index contributed by atoms with van der Waals surface area (Å²) >= 11 is 0. The molecule has 0 bridgehead atoms. The lowest BCUT2D eigenvalue weighted by atomic mass is 10.1. The Morgan fingerprint density at radius 3 is 2.50 bits per heavy atom. The first-order valence-corrected chi connectivity index (χ1v) is 5.43. The number of rotatable bonds is 4. The zero-order chi connectivity index (χ0) is 13.0. The van der Waals surface area contributed by atoms with E-state index in [2.05, 4.69) is 14.8 Å². The SMILES string of the molecule is [N-]=[N+]=C1N=C(CCc2ccccc2)N=C1C(N)=O. The quantitative estimate of drug-likeness (QED) is 0.604. The first-order chi connectivity index (χ1) is 8.70. The Bertz CT molecular complexity index is 582. The summed E-state index contributed by atoms with van der Waals surface area (Å²) in [6.45, 7) is 0. The van der Waals surface area contributed by atoms with Gasteiger partial charge in [0.15, 0.2) is 0 Å². The van der Waals surface area contributed by atoms with Gasteiger partial charge in [-0.25, -0.2) is 0 Å². The number of primary amides is 1. The Balaban J connectivity index is 2.08. The van der Waals surface area contributed by atoms with E-state index in [0.29, 0.717) is 12.3 Å². The Hall–Kier alpha value is -2.59. The van der Waals surface area contributed by atoms with Gasteiger partial charge in [0.05, 0.1) is 0 Å². The zero-order valence-corrected chi connectivity index (χ0v) is 9.58. The van der Waals surface area contributed by atoms with E-state index in [1.165, 1.54) is 0 Å². The van der Waals surface area contributed by atoms with Crippen LogP contribution in [0.25, 0.3) is 5.53 Å². The van der Waals surface area contributed by atoms with Crippen molar-refractivity contribution in [3.63, 3.8) is 0 Å². The largest absolute Gasteiger partial charge is 0.497 e. The number of carbonyl (C=O) groups is 1. The van der Waals surface area contributed by atoms with Gasteiger partial charge in [0.2, 0.25) is 11.5 Å². The van der Waals surface area contributed by atoms with Crippen molar-refractivity contribution < 1.29 is 9.58 Å². The van der Waals surface area contributed by atoms with E-state index >= 15 is 0 Å². The van der Waals surface area contributed by atoms with Crippen molar-refractivity contribution >= 4 is 23.3 Å². The van der Waals surface area contributed by atoms with Crippen LogP contribution < -0.4 is 5.73 Å². The minimum Gasteiger partial charge on any atom is -0.497 e. The molecule has 90 valence electrons. The van der Waals surface area contributed by atoms with Crippen molar-refractivity contribution in [3.8, 4) is 0 Å². The minimum absolute atomic E-state index is 0.0967. The van der Waals surface area contributed by atoms with Crippen LogP contribution in [0.2, 0.25) is 0 Å². The molecule has 2 rings (SSSR count). The molecule has 1 aromatic rings. The van der Waals surface area contributed by atoms with E-state index in [0.717, 1.165) is 12.0 Å². The van der Waals surface area contributed by atoms with Gasteiger partial charge in [-0.2, -0.15) is 4.99 Å². The highest BCUT2D eigenvalue weighted by Crippen LogP contribution is 2.07. The molecule has 2 N–H and O–H groups in total. The lowest BCUT2D eigenvalue weighted by Gasteiger charge is -1.96.